The number of aliphatic hydroxyl groups excluding tert-OH is 3. The van der Waals surface area contributed by atoms with Crippen LogP contribution in [0.3, 0.4) is 0 Å². The van der Waals surface area contributed by atoms with Crippen LogP contribution >= 0.6 is 0 Å². The van der Waals surface area contributed by atoms with Crippen molar-refractivity contribution in [1.82, 2.24) is 15.5 Å². The molecular weight excluding hydrogens is 748 g/mol. The lowest BCUT2D eigenvalue weighted by molar-refractivity contribution is -0.372. The Morgan fingerprint density at radius 2 is 1.47 bits per heavy atom. The maximum absolute atomic E-state index is 13.1. The number of benzene rings is 2. The summed E-state index contributed by atoms with van der Waals surface area (Å²) in [5, 5.41) is 36.7. The van der Waals surface area contributed by atoms with E-state index in [-0.39, 0.29) is 25.6 Å². The lowest BCUT2D eigenvalue weighted by atomic mass is 9.87. The van der Waals surface area contributed by atoms with Crippen molar-refractivity contribution in [3.63, 3.8) is 0 Å². The van der Waals surface area contributed by atoms with Gasteiger partial charge in [-0.05, 0) is 24.0 Å². The molecule has 0 aromatic heterocycles. The van der Waals surface area contributed by atoms with Gasteiger partial charge in [-0.15, -0.1) is 0 Å². The highest BCUT2D eigenvalue weighted by molar-refractivity contribution is 5.71. The SMILES string of the molecule is CC1C[C@@H]2OC(O[C@H]3OC(CO)[C@@H](N)[C@H](O)C3O)C3C(OC(=O)N3C)C2O[C@@H]1O[C@H]1C=C[C@H](NC(=O)OCc2ccccc2)CC1NC(=O)OCc1ccccc1. The van der Waals surface area contributed by atoms with E-state index in [4.69, 9.17) is 43.6 Å². The molecule has 15 atom stereocenters. The van der Waals surface area contributed by atoms with E-state index < -0.39 is 111 Å². The fraction of sp³-hybridized carbons (Fsp3) is 0.564. The molecule has 8 unspecified atom stereocenters. The van der Waals surface area contributed by atoms with E-state index in [2.05, 4.69) is 10.6 Å². The molecule has 4 aliphatic heterocycles. The van der Waals surface area contributed by atoms with Crippen LogP contribution in [0, 0.1) is 5.92 Å². The molecule has 0 saturated carbocycles. The lowest BCUT2D eigenvalue weighted by Crippen LogP contribution is -2.67. The van der Waals surface area contributed by atoms with Crippen molar-refractivity contribution in [1.29, 1.82) is 0 Å². The third-order valence-electron chi connectivity index (χ3n) is 10.9. The van der Waals surface area contributed by atoms with Crippen LogP contribution in [0.2, 0.25) is 0 Å². The summed E-state index contributed by atoms with van der Waals surface area (Å²) in [4.78, 5) is 40.1. The van der Waals surface area contributed by atoms with Crippen LogP contribution in [0.1, 0.15) is 30.9 Å². The summed E-state index contributed by atoms with van der Waals surface area (Å²) < 4.78 is 47.9. The van der Waals surface area contributed by atoms with Crippen LogP contribution in [0.4, 0.5) is 14.4 Å². The van der Waals surface area contributed by atoms with Crippen molar-refractivity contribution in [3.05, 3.63) is 83.9 Å². The molecule has 7 rings (SSSR count). The van der Waals surface area contributed by atoms with Gasteiger partial charge in [0.15, 0.2) is 25.0 Å². The molecule has 3 amide bonds. The van der Waals surface area contributed by atoms with Gasteiger partial charge in [-0.25, -0.2) is 14.4 Å². The molecule has 4 heterocycles. The summed E-state index contributed by atoms with van der Waals surface area (Å²) in [5.74, 6) is -0.295. The molecule has 18 nitrogen and oxygen atoms in total. The van der Waals surface area contributed by atoms with E-state index in [9.17, 15) is 29.7 Å². The summed E-state index contributed by atoms with van der Waals surface area (Å²) in [6.07, 6.45) is -8.49. The number of amides is 3. The quantitative estimate of drug-likeness (QED) is 0.137. The minimum absolute atomic E-state index is 0.0441. The molecule has 57 heavy (non-hydrogen) atoms. The zero-order valence-electron chi connectivity index (χ0n) is 31.5. The first-order valence-corrected chi connectivity index (χ1v) is 19.0. The molecule has 0 radical (unpaired) electrons. The third kappa shape index (κ3) is 9.35. The van der Waals surface area contributed by atoms with Crippen molar-refractivity contribution in [2.45, 2.75) is 119 Å². The monoisotopic (exact) mass is 798 g/mol. The molecule has 18 heteroatoms. The zero-order valence-corrected chi connectivity index (χ0v) is 31.5. The molecular formula is C39H50N4O14. The van der Waals surface area contributed by atoms with Crippen molar-refractivity contribution in [2.75, 3.05) is 13.7 Å². The molecule has 310 valence electrons. The van der Waals surface area contributed by atoms with Gasteiger partial charge in [0.1, 0.15) is 43.7 Å². The first kappa shape index (κ1) is 40.8. The highest BCUT2D eigenvalue weighted by atomic mass is 16.8. The predicted octanol–water partition coefficient (Wildman–Crippen LogP) is 1.000. The Morgan fingerprint density at radius 3 is 2.12 bits per heavy atom. The predicted molar refractivity (Wildman–Crippen MR) is 195 cm³/mol. The molecule has 2 aromatic rings. The number of carbonyl (C=O) groups excluding carboxylic acids is 3. The number of ether oxygens (including phenoxy) is 8. The van der Waals surface area contributed by atoms with Gasteiger partial charge in [0.05, 0.1) is 36.9 Å². The third-order valence-corrected chi connectivity index (χ3v) is 10.9. The standard InChI is InChI=1S/C39H50N4O14/c1-20-15-26-32(33-29(43(2)39(49)56-33)35(53-26)57-36-31(46)30(45)28(40)27(17-44)54-36)55-34(20)52-25-14-13-23(41-37(47)50-18-21-9-5-3-6-10-21)16-24(25)42-38(48)51-19-22-11-7-4-8-12-22/h3-14,20,23-36,44-46H,15-19,40H2,1-2H3,(H,41,47)(H,42,48)/t20?,23-,24?,25-,26-,27?,28+,29?,30-,31?,32?,33?,34-,35?,36+/m0/s1. The van der Waals surface area contributed by atoms with Gasteiger partial charge >= 0.3 is 18.3 Å². The number of hydrogen-bond donors (Lipinski definition) is 6. The number of aliphatic hydroxyl groups is 3. The maximum atomic E-state index is 13.1. The number of nitrogens with zero attached hydrogens (tertiary/aromatic N) is 1. The fourth-order valence-corrected chi connectivity index (χ4v) is 7.75. The van der Waals surface area contributed by atoms with E-state index >= 15 is 0 Å². The van der Waals surface area contributed by atoms with Crippen LogP contribution < -0.4 is 16.4 Å². The van der Waals surface area contributed by atoms with Crippen LogP contribution in [0.5, 0.6) is 0 Å². The number of likely N-dealkylation sites (N-methyl/N-ethyl adjacent to an activating group) is 1. The molecule has 0 bridgehead atoms. The van der Waals surface area contributed by atoms with Gasteiger partial charge in [-0.2, -0.15) is 0 Å². The number of alkyl carbamates (subject to hydrolysis) is 2. The first-order valence-electron chi connectivity index (χ1n) is 19.0. The summed E-state index contributed by atoms with van der Waals surface area (Å²) in [5.41, 5.74) is 7.55. The highest BCUT2D eigenvalue weighted by Gasteiger charge is 2.60. The Bertz CT molecular complexity index is 1710. The molecule has 0 spiro atoms. The number of carbonyl (C=O) groups is 3. The molecule has 1 aliphatic carbocycles. The summed E-state index contributed by atoms with van der Waals surface area (Å²) >= 11 is 0. The topological polar surface area (TPSA) is 239 Å². The lowest BCUT2D eigenvalue weighted by Gasteiger charge is -2.50. The largest absolute Gasteiger partial charge is 0.445 e. The van der Waals surface area contributed by atoms with Crippen molar-refractivity contribution < 1.29 is 67.6 Å². The van der Waals surface area contributed by atoms with Gasteiger partial charge in [-0.1, -0.05) is 79.7 Å². The number of hydrogen-bond acceptors (Lipinski definition) is 15. The van der Waals surface area contributed by atoms with Crippen LogP contribution in [0.25, 0.3) is 0 Å². The second-order valence-electron chi connectivity index (χ2n) is 14.9. The van der Waals surface area contributed by atoms with Gasteiger partial charge in [0, 0.05) is 13.0 Å². The van der Waals surface area contributed by atoms with E-state index in [0.29, 0.717) is 6.42 Å². The number of fused-ring (bicyclic) bond motifs is 3. The molecule has 7 N–H and O–H groups in total. The second kappa shape index (κ2) is 18.0. The normalized spacial score (nSPS) is 37.3. The highest BCUT2D eigenvalue weighted by Crippen LogP contribution is 2.42. The Labute approximate surface area is 329 Å². The fourth-order valence-electron chi connectivity index (χ4n) is 7.75. The molecule has 4 fully saturated rings. The minimum atomic E-state index is -1.57. The average Bonchev–Trinajstić information content (AvgIpc) is 3.52. The van der Waals surface area contributed by atoms with Gasteiger partial charge in [-0.3, -0.25) is 4.90 Å². The number of rotatable bonds is 11. The first-order chi connectivity index (χ1) is 27.5. The van der Waals surface area contributed by atoms with Crippen molar-refractivity contribution in [3.8, 4) is 0 Å². The summed E-state index contributed by atoms with van der Waals surface area (Å²) in [6, 6.07) is 15.4. The minimum Gasteiger partial charge on any atom is -0.445 e. The van der Waals surface area contributed by atoms with Gasteiger partial charge in [0.25, 0.3) is 0 Å². The van der Waals surface area contributed by atoms with Crippen molar-refractivity contribution >= 4 is 18.3 Å². The number of nitrogens with one attached hydrogen (secondary N) is 2. The Morgan fingerprint density at radius 1 is 0.825 bits per heavy atom. The van der Waals surface area contributed by atoms with Crippen LogP contribution in [0.15, 0.2) is 72.8 Å². The number of nitrogens with two attached hydrogens (primary N) is 1. The van der Waals surface area contributed by atoms with Crippen LogP contribution in [-0.2, 0) is 51.1 Å². The van der Waals surface area contributed by atoms with E-state index in [0.717, 1.165) is 11.1 Å². The van der Waals surface area contributed by atoms with E-state index in [1.807, 2.05) is 67.6 Å². The molecule has 5 aliphatic rings. The Kier molecular flexibility index (Phi) is 12.9. The van der Waals surface area contributed by atoms with E-state index in [1.165, 1.54) is 11.9 Å². The second-order valence-corrected chi connectivity index (χ2v) is 14.9. The van der Waals surface area contributed by atoms with Crippen LogP contribution in [-0.4, -0.2) is 138 Å². The van der Waals surface area contributed by atoms with Gasteiger partial charge < -0.3 is 69.6 Å². The van der Waals surface area contributed by atoms with Gasteiger partial charge in [0.2, 0.25) is 0 Å². The summed E-state index contributed by atoms with van der Waals surface area (Å²) in [6.45, 7) is 1.50. The smallest absolute Gasteiger partial charge is 0.410 e. The zero-order chi connectivity index (χ0) is 40.2. The maximum Gasteiger partial charge on any atom is 0.410 e. The Balaban J connectivity index is 1.03. The van der Waals surface area contributed by atoms with E-state index in [1.54, 1.807) is 12.2 Å². The summed E-state index contributed by atoms with van der Waals surface area (Å²) in [7, 11) is 1.51. The van der Waals surface area contributed by atoms with Crippen molar-refractivity contribution in [2.24, 2.45) is 11.7 Å². The molecule has 2 aromatic carbocycles. The molecule has 4 saturated heterocycles. The average molecular weight is 799 g/mol. The Hall–Kier alpha value is -4.37.